The van der Waals surface area contributed by atoms with Crippen molar-refractivity contribution >= 4 is 11.3 Å². The molecule has 1 aromatic heterocycles. The van der Waals surface area contributed by atoms with Crippen LogP contribution in [-0.4, -0.2) is 40.4 Å². The van der Waals surface area contributed by atoms with Crippen LogP contribution in [0.15, 0.2) is 11.4 Å². The van der Waals surface area contributed by atoms with Crippen LogP contribution in [0.25, 0.3) is 0 Å². The number of thiophene rings is 1. The van der Waals surface area contributed by atoms with Gasteiger partial charge < -0.3 is 10.2 Å². The van der Waals surface area contributed by atoms with Crippen molar-refractivity contribution in [2.24, 2.45) is 0 Å². The Morgan fingerprint density at radius 1 is 1.59 bits per heavy atom. The monoisotopic (exact) mass is 251 g/mol. The molecule has 0 aliphatic carbocycles. The molecule has 0 saturated carbocycles. The number of hydrogen-bond donors (Lipinski definition) is 2. The first kappa shape index (κ1) is 12.6. The molecule has 2 rings (SSSR count). The van der Waals surface area contributed by atoms with E-state index in [0.717, 1.165) is 31.6 Å². The zero-order valence-corrected chi connectivity index (χ0v) is 10.8. The lowest BCUT2D eigenvalue weighted by Crippen LogP contribution is -2.29. The van der Waals surface area contributed by atoms with Crippen molar-refractivity contribution in [2.45, 2.75) is 25.5 Å². The van der Waals surface area contributed by atoms with E-state index in [1.165, 1.54) is 4.88 Å². The fraction of sp³-hybridized carbons (Fsp3) is 0.538. The highest BCUT2D eigenvalue weighted by atomic mass is 32.1. The van der Waals surface area contributed by atoms with E-state index in [0.29, 0.717) is 0 Å². The maximum Gasteiger partial charge on any atom is 0.104 e. The Kier molecular flexibility index (Phi) is 3.85. The third-order valence-electron chi connectivity index (χ3n) is 2.95. The molecular weight excluding hydrogens is 234 g/mol. The minimum absolute atomic E-state index is 0.103. The van der Waals surface area contributed by atoms with E-state index in [2.05, 4.69) is 16.7 Å². The van der Waals surface area contributed by atoms with Crippen LogP contribution in [0.3, 0.4) is 0 Å². The van der Waals surface area contributed by atoms with Gasteiger partial charge in [-0.1, -0.05) is 11.8 Å². The SMILES string of the molecule is CC1(O)CCN(Cc2sccc2C#CCO)C1. The predicted octanol–water partition coefficient (Wildman–Crippen LogP) is 1.05. The van der Waals surface area contributed by atoms with E-state index in [-0.39, 0.29) is 6.61 Å². The summed E-state index contributed by atoms with van der Waals surface area (Å²) in [5, 5.41) is 20.6. The number of aliphatic hydroxyl groups excluding tert-OH is 1. The van der Waals surface area contributed by atoms with Gasteiger partial charge in [-0.05, 0) is 24.8 Å². The van der Waals surface area contributed by atoms with Crippen LogP contribution in [0.4, 0.5) is 0 Å². The summed E-state index contributed by atoms with van der Waals surface area (Å²) in [6.07, 6.45) is 0.829. The molecule has 0 aromatic carbocycles. The Bertz CT molecular complexity index is 442. The molecule has 1 aliphatic rings. The molecule has 1 atom stereocenters. The van der Waals surface area contributed by atoms with Gasteiger partial charge in [-0.15, -0.1) is 11.3 Å². The summed E-state index contributed by atoms with van der Waals surface area (Å²) >= 11 is 1.68. The van der Waals surface area contributed by atoms with Crippen LogP contribution in [-0.2, 0) is 6.54 Å². The Morgan fingerprint density at radius 2 is 2.41 bits per heavy atom. The summed E-state index contributed by atoms with van der Waals surface area (Å²) in [5.74, 6) is 5.64. The first-order valence-corrected chi connectivity index (χ1v) is 6.59. The predicted molar refractivity (Wildman–Crippen MR) is 68.8 cm³/mol. The van der Waals surface area contributed by atoms with Gasteiger partial charge in [0.1, 0.15) is 6.61 Å². The Hall–Kier alpha value is -0.860. The lowest BCUT2D eigenvalue weighted by molar-refractivity contribution is 0.0680. The highest BCUT2D eigenvalue weighted by Crippen LogP contribution is 2.25. The number of likely N-dealkylation sites (tertiary alicyclic amines) is 1. The number of nitrogens with zero attached hydrogens (tertiary/aromatic N) is 1. The second-order valence-electron chi connectivity index (χ2n) is 4.67. The molecule has 92 valence electrons. The molecule has 4 heteroatoms. The quantitative estimate of drug-likeness (QED) is 0.772. The molecule has 1 saturated heterocycles. The van der Waals surface area contributed by atoms with E-state index in [4.69, 9.17) is 5.11 Å². The molecule has 0 bridgehead atoms. The molecule has 1 aromatic rings. The average molecular weight is 251 g/mol. The summed E-state index contributed by atoms with van der Waals surface area (Å²) in [5.41, 5.74) is 0.448. The number of aliphatic hydroxyl groups is 2. The minimum Gasteiger partial charge on any atom is -0.389 e. The first-order valence-electron chi connectivity index (χ1n) is 5.71. The molecule has 1 aliphatic heterocycles. The molecular formula is C13H17NO2S. The van der Waals surface area contributed by atoms with Gasteiger partial charge in [-0.2, -0.15) is 0 Å². The summed E-state index contributed by atoms with van der Waals surface area (Å²) in [4.78, 5) is 3.46. The van der Waals surface area contributed by atoms with Crippen LogP contribution in [0.2, 0.25) is 0 Å². The Labute approximate surface area is 106 Å². The maximum atomic E-state index is 9.90. The van der Waals surface area contributed by atoms with Gasteiger partial charge in [0.2, 0.25) is 0 Å². The normalized spacial score (nSPS) is 24.6. The van der Waals surface area contributed by atoms with Crippen molar-refractivity contribution in [3.8, 4) is 11.8 Å². The van der Waals surface area contributed by atoms with Crippen molar-refractivity contribution in [2.75, 3.05) is 19.7 Å². The largest absolute Gasteiger partial charge is 0.389 e. The van der Waals surface area contributed by atoms with E-state index in [9.17, 15) is 5.11 Å². The van der Waals surface area contributed by atoms with Crippen molar-refractivity contribution in [3.63, 3.8) is 0 Å². The summed E-state index contributed by atoms with van der Waals surface area (Å²) in [6, 6.07) is 1.98. The van der Waals surface area contributed by atoms with E-state index < -0.39 is 5.60 Å². The molecule has 1 unspecified atom stereocenters. The molecule has 0 radical (unpaired) electrons. The van der Waals surface area contributed by atoms with Crippen LogP contribution in [0.1, 0.15) is 23.8 Å². The van der Waals surface area contributed by atoms with Gasteiger partial charge in [0.25, 0.3) is 0 Å². The molecule has 0 spiro atoms. The van der Waals surface area contributed by atoms with Crippen LogP contribution < -0.4 is 0 Å². The molecule has 3 nitrogen and oxygen atoms in total. The standard InChI is InChI=1S/C13H17NO2S/c1-13(16)5-6-14(10-13)9-12-11(3-2-7-15)4-8-17-12/h4,8,15-16H,5-7,9-10H2,1H3. The van der Waals surface area contributed by atoms with Gasteiger partial charge in [-0.3, -0.25) is 4.90 Å². The second kappa shape index (κ2) is 5.19. The van der Waals surface area contributed by atoms with Gasteiger partial charge in [0.05, 0.1) is 5.60 Å². The summed E-state index contributed by atoms with van der Waals surface area (Å²) < 4.78 is 0. The van der Waals surface area contributed by atoms with E-state index in [1.807, 2.05) is 18.4 Å². The molecule has 1 fully saturated rings. The topological polar surface area (TPSA) is 43.7 Å². The van der Waals surface area contributed by atoms with Gasteiger partial charge in [-0.25, -0.2) is 0 Å². The second-order valence-corrected chi connectivity index (χ2v) is 5.68. The molecule has 17 heavy (non-hydrogen) atoms. The van der Waals surface area contributed by atoms with E-state index in [1.54, 1.807) is 11.3 Å². The van der Waals surface area contributed by atoms with Crippen molar-refractivity contribution in [1.82, 2.24) is 4.90 Å². The third kappa shape index (κ3) is 3.30. The lowest BCUT2D eigenvalue weighted by atomic mass is 10.1. The maximum absolute atomic E-state index is 9.90. The summed E-state index contributed by atoms with van der Waals surface area (Å²) in [7, 11) is 0. The van der Waals surface area contributed by atoms with Gasteiger partial charge in [0, 0.05) is 30.1 Å². The van der Waals surface area contributed by atoms with Crippen LogP contribution >= 0.6 is 11.3 Å². The fourth-order valence-electron chi connectivity index (χ4n) is 2.09. The van der Waals surface area contributed by atoms with Crippen molar-refractivity contribution in [1.29, 1.82) is 0 Å². The van der Waals surface area contributed by atoms with Gasteiger partial charge >= 0.3 is 0 Å². The highest BCUT2D eigenvalue weighted by molar-refractivity contribution is 7.10. The third-order valence-corrected chi connectivity index (χ3v) is 3.85. The molecule has 0 amide bonds. The van der Waals surface area contributed by atoms with Crippen molar-refractivity contribution in [3.05, 3.63) is 21.9 Å². The van der Waals surface area contributed by atoms with Gasteiger partial charge in [0.15, 0.2) is 0 Å². The first-order chi connectivity index (χ1) is 8.11. The van der Waals surface area contributed by atoms with Crippen LogP contribution in [0.5, 0.6) is 0 Å². The lowest BCUT2D eigenvalue weighted by Gasteiger charge is -2.18. The zero-order chi connectivity index (χ0) is 12.3. The Morgan fingerprint density at radius 3 is 3.06 bits per heavy atom. The zero-order valence-electron chi connectivity index (χ0n) is 9.94. The van der Waals surface area contributed by atoms with Crippen molar-refractivity contribution < 1.29 is 10.2 Å². The molecule has 2 heterocycles. The van der Waals surface area contributed by atoms with E-state index >= 15 is 0 Å². The number of β-amino-alcohol motifs (C(OH)–C–C–N with tert-alkyl or cyclic N) is 1. The number of hydrogen-bond acceptors (Lipinski definition) is 4. The summed E-state index contributed by atoms with van der Waals surface area (Å²) in [6.45, 7) is 4.26. The number of rotatable bonds is 2. The Balaban J connectivity index is 2.02. The highest BCUT2D eigenvalue weighted by Gasteiger charge is 2.31. The smallest absolute Gasteiger partial charge is 0.104 e. The molecule has 2 N–H and O–H groups in total. The fourth-order valence-corrected chi connectivity index (χ4v) is 2.96. The average Bonchev–Trinajstić information content (AvgIpc) is 2.83. The van der Waals surface area contributed by atoms with Crippen LogP contribution in [0, 0.1) is 11.8 Å². The minimum atomic E-state index is -0.547.